The van der Waals surface area contributed by atoms with E-state index in [1.54, 1.807) is 13.2 Å². The molecule has 4 rings (SSSR count). The number of rotatable bonds is 5. The summed E-state index contributed by atoms with van der Waals surface area (Å²) in [5, 5.41) is 0. The summed E-state index contributed by atoms with van der Waals surface area (Å²) >= 11 is 0. The van der Waals surface area contributed by atoms with Crippen molar-refractivity contribution in [1.29, 1.82) is 0 Å². The van der Waals surface area contributed by atoms with Crippen LogP contribution in [0.15, 0.2) is 42.5 Å². The molecule has 1 aliphatic heterocycles. The second-order valence-corrected chi connectivity index (χ2v) is 6.79. The van der Waals surface area contributed by atoms with Gasteiger partial charge in [-0.05, 0) is 48.7 Å². The van der Waals surface area contributed by atoms with Crippen molar-refractivity contribution in [1.82, 2.24) is 4.90 Å². The molecule has 1 fully saturated rings. The minimum Gasteiger partial charge on any atom is -0.497 e. The summed E-state index contributed by atoms with van der Waals surface area (Å²) < 4.78 is 16.0. The lowest BCUT2D eigenvalue weighted by molar-refractivity contribution is 0.0664. The molecule has 0 N–H and O–H groups in total. The number of hydrogen-bond donors (Lipinski definition) is 0. The fraction of sp³-hybridized carbons (Fsp3) is 0.381. The first-order chi connectivity index (χ1) is 12.7. The molecule has 0 aromatic heterocycles. The van der Waals surface area contributed by atoms with Crippen LogP contribution < -0.4 is 14.2 Å². The molecule has 1 amide bonds. The molecule has 5 nitrogen and oxygen atoms in total. The number of nitrogens with zero attached hydrogens (tertiary/aromatic N) is 1. The Morgan fingerprint density at radius 1 is 1.08 bits per heavy atom. The van der Waals surface area contributed by atoms with E-state index in [0.717, 1.165) is 24.2 Å². The van der Waals surface area contributed by atoms with Crippen molar-refractivity contribution in [3.63, 3.8) is 0 Å². The van der Waals surface area contributed by atoms with E-state index in [4.69, 9.17) is 14.2 Å². The molecule has 0 saturated heterocycles. The number of carbonyl (C=O) groups excluding carboxylic acids is 1. The van der Waals surface area contributed by atoms with Gasteiger partial charge in [-0.1, -0.05) is 25.0 Å². The maximum absolute atomic E-state index is 13.3. The van der Waals surface area contributed by atoms with Crippen LogP contribution in [0.3, 0.4) is 0 Å². The molecule has 0 unspecified atom stereocenters. The van der Waals surface area contributed by atoms with Gasteiger partial charge in [-0.25, -0.2) is 0 Å². The van der Waals surface area contributed by atoms with Gasteiger partial charge in [0.15, 0.2) is 11.5 Å². The minimum absolute atomic E-state index is 0.0472. The van der Waals surface area contributed by atoms with Gasteiger partial charge >= 0.3 is 0 Å². The van der Waals surface area contributed by atoms with Gasteiger partial charge < -0.3 is 19.1 Å². The SMILES string of the molecule is COc1ccc(CN(C(=O)c2ccc3c(c2)OCO3)C2CCCC2)cc1. The van der Waals surface area contributed by atoms with Gasteiger partial charge in [0.1, 0.15) is 5.75 Å². The minimum atomic E-state index is 0.0472. The molecule has 1 heterocycles. The van der Waals surface area contributed by atoms with Crippen LogP contribution in [0.4, 0.5) is 0 Å². The molecule has 0 spiro atoms. The molecule has 1 aliphatic carbocycles. The Morgan fingerprint density at radius 3 is 2.54 bits per heavy atom. The zero-order chi connectivity index (χ0) is 17.9. The van der Waals surface area contributed by atoms with E-state index >= 15 is 0 Å². The molecule has 2 aromatic carbocycles. The fourth-order valence-electron chi connectivity index (χ4n) is 3.71. The predicted octanol–water partition coefficient (Wildman–Crippen LogP) is 4.01. The smallest absolute Gasteiger partial charge is 0.254 e. The number of fused-ring (bicyclic) bond motifs is 1. The van der Waals surface area contributed by atoms with E-state index in [-0.39, 0.29) is 18.7 Å². The summed E-state index contributed by atoms with van der Waals surface area (Å²) in [6, 6.07) is 13.6. The fourth-order valence-corrected chi connectivity index (χ4v) is 3.71. The Bertz CT molecular complexity index is 781. The van der Waals surface area contributed by atoms with Crippen molar-refractivity contribution < 1.29 is 19.0 Å². The Balaban J connectivity index is 1.58. The van der Waals surface area contributed by atoms with Crippen molar-refractivity contribution in [2.45, 2.75) is 38.3 Å². The molecular weight excluding hydrogens is 330 g/mol. The Morgan fingerprint density at radius 2 is 1.81 bits per heavy atom. The highest BCUT2D eigenvalue weighted by molar-refractivity contribution is 5.95. The number of amides is 1. The zero-order valence-corrected chi connectivity index (χ0v) is 14.9. The zero-order valence-electron chi connectivity index (χ0n) is 14.9. The van der Waals surface area contributed by atoms with Crippen LogP contribution in [-0.4, -0.2) is 30.8 Å². The maximum Gasteiger partial charge on any atom is 0.254 e. The van der Waals surface area contributed by atoms with Crippen molar-refractivity contribution >= 4 is 5.91 Å². The first kappa shape index (κ1) is 16.8. The number of carbonyl (C=O) groups is 1. The summed E-state index contributed by atoms with van der Waals surface area (Å²) in [6.45, 7) is 0.813. The third-order valence-electron chi connectivity index (χ3n) is 5.16. The van der Waals surface area contributed by atoms with Crippen LogP contribution in [0.1, 0.15) is 41.6 Å². The molecule has 1 saturated carbocycles. The van der Waals surface area contributed by atoms with Crippen LogP contribution in [0.2, 0.25) is 0 Å². The van der Waals surface area contributed by atoms with Crippen molar-refractivity contribution in [3.8, 4) is 17.2 Å². The van der Waals surface area contributed by atoms with Crippen molar-refractivity contribution in [2.24, 2.45) is 0 Å². The van der Waals surface area contributed by atoms with Crippen LogP contribution in [0, 0.1) is 0 Å². The molecule has 0 atom stereocenters. The monoisotopic (exact) mass is 353 g/mol. The van der Waals surface area contributed by atoms with Crippen LogP contribution in [0.25, 0.3) is 0 Å². The van der Waals surface area contributed by atoms with Gasteiger partial charge in [0, 0.05) is 18.2 Å². The Hall–Kier alpha value is -2.69. The molecule has 26 heavy (non-hydrogen) atoms. The summed E-state index contributed by atoms with van der Waals surface area (Å²) in [7, 11) is 1.66. The number of benzene rings is 2. The standard InChI is InChI=1S/C21H23NO4/c1-24-18-9-6-15(7-10-18)13-22(17-4-2-3-5-17)21(23)16-8-11-19-20(12-16)26-14-25-19/h6-12,17H,2-5,13-14H2,1H3. The first-order valence-corrected chi connectivity index (χ1v) is 9.08. The predicted molar refractivity (Wildman–Crippen MR) is 97.7 cm³/mol. The van der Waals surface area contributed by atoms with Crippen molar-refractivity contribution in [3.05, 3.63) is 53.6 Å². The summed E-state index contributed by atoms with van der Waals surface area (Å²) in [6.07, 6.45) is 4.48. The third kappa shape index (κ3) is 3.34. The lowest BCUT2D eigenvalue weighted by Crippen LogP contribution is -2.38. The molecule has 2 aliphatic rings. The largest absolute Gasteiger partial charge is 0.497 e. The number of hydrogen-bond acceptors (Lipinski definition) is 4. The third-order valence-corrected chi connectivity index (χ3v) is 5.16. The van der Waals surface area contributed by atoms with E-state index in [1.165, 1.54) is 12.8 Å². The lowest BCUT2D eigenvalue weighted by atomic mass is 10.1. The van der Waals surface area contributed by atoms with E-state index in [1.807, 2.05) is 41.3 Å². The topological polar surface area (TPSA) is 48.0 Å². The van der Waals surface area contributed by atoms with Gasteiger partial charge in [-0.3, -0.25) is 4.79 Å². The molecule has 2 aromatic rings. The van der Waals surface area contributed by atoms with Gasteiger partial charge in [-0.15, -0.1) is 0 Å². The van der Waals surface area contributed by atoms with Gasteiger partial charge in [0.05, 0.1) is 7.11 Å². The van der Waals surface area contributed by atoms with E-state index in [9.17, 15) is 4.79 Å². The molecule has 0 radical (unpaired) electrons. The van der Waals surface area contributed by atoms with Gasteiger partial charge in [0.25, 0.3) is 5.91 Å². The van der Waals surface area contributed by atoms with E-state index < -0.39 is 0 Å². The lowest BCUT2D eigenvalue weighted by Gasteiger charge is -2.29. The normalized spacial score (nSPS) is 15.9. The highest BCUT2D eigenvalue weighted by Crippen LogP contribution is 2.34. The van der Waals surface area contributed by atoms with Crippen molar-refractivity contribution in [2.75, 3.05) is 13.9 Å². The average Bonchev–Trinajstić information content (AvgIpc) is 3.37. The van der Waals surface area contributed by atoms with E-state index in [0.29, 0.717) is 23.6 Å². The summed E-state index contributed by atoms with van der Waals surface area (Å²) in [4.78, 5) is 15.3. The molecule has 136 valence electrons. The number of ether oxygens (including phenoxy) is 3. The molecule has 0 bridgehead atoms. The summed E-state index contributed by atoms with van der Waals surface area (Å²) in [5.74, 6) is 2.21. The van der Waals surface area contributed by atoms with Gasteiger partial charge in [-0.2, -0.15) is 0 Å². The van der Waals surface area contributed by atoms with Crippen LogP contribution in [-0.2, 0) is 6.54 Å². The van der Waals surface area contributed by atoms with Crippen LogP contribution in [0.5, 0.6) is 17.2 Å². The Labute approximate surface area is 153 Å². The molecule has 5 heteroatoms. The Kier molecular flexibility index (Phi) is 4.69. The second-order valence-electron chi connectivity index (χ2n) is 6.79. The maximum atomic E-state index is 13.3. The first-order valence-electron chi connectivity index (χ1n) is 9.08. The highest BCUT2D eigenvalue weighted by atomic mass is 16.7. The molecular formula is C21H23NO4. The summed E-state index contributed by atoms with van der Waals surface area (Å²) in [5.41, 5.74) is 1.75. The second kappa shape index (κ2) is 7.28. The quantitative estimate of drug-likeness (QED) is 0.815. The highest BCUT2D eigenvalue weighted by Gasteiger charge is 2.28. The van der Waals surface area contributed by atoms with Gasteiger partial charge in [0.2, 0.25) is 6.79 Å². The van der Waals surface area contributed by atoms with Crippen LogP contribution >= 0.6 is 0 Å². The van der Waals surface area contributed by atoms with E-state index in [2.05, 4.69) is 0 Å². The number of methoxy groups -OCH3 is 1. The average molecular weight is 353 g/mol.